The van der Waals surface area contributed by atoms with Gasteiger partial charge in [-0.1, -0.05) is 20.3 Å². The first-order chi connectivity index (χ1) is 8.93. The number of carbonyl (C=O) groups excluding carboxylic acids is 1. The first-order valence-corrected chi connectivity index (χ1v) is 7.08. The maximum absolute atomic E-state index is 11.7. The molecule has 19 heavy (non-hydrogen) atoms. The van der Waals surface area contributed by atoms with Crippen LogP contribution < -0.4 is 10.6 Å². The van der Waals surface area contributed by atoms with E-state index in [4.69, 9.17) is 5.11 Å². The normalized spacial score (nSPS) is 13.6. The van der Waals surface area contributed by atoms with Crippen LogP contribution in [0.4, 0.5) is 4.79 Å². The number of nitrogens with one attached hydrogen (secondary N) is 2. The lowest BCUT2D eigenvalue weighted by Crippen LogP contribution is -2.48. The van der Waals surface area contributed by atoms with Crippen LogP contribution in [-0.4, -0.2) is 23.1 Å². The first-order valence-electron chi connectivity index (χ1n) is 6.26. The summed E-state index contributed by atoms with van der Waals surface area (Å²) >= 11 is 1.61. The van der Waals surface area contributed by atoms with E-state index in [9.17, 15) is 9.59 Å². The van der Waals surface area contributed by atoms with E-state index in [2.05, 4.69) is 10.6 Å². The van der Waals surface area contributed by atoms with Gasteiger partial charge in [0.2, 0.25) is 0 Å². The minimum absolute atomic E-state index is 0.104. The second kappa shape index (κ2) is 7.13. The van der Waals surface area contributed by atoms with Crippen LogP contribution in [0.3, 0.4) is 0 Å². The Bertz CT molecular complexity index is 445. The van der Waals surface area contributed by atoms with E-state index in [1.54, 1.807) is 11.3 Å². The van der Waals surface area contributed by atoms with Gasteiger partial charge in [-0.2, -0.15) is 0 Å². The molecule has 1 rings (SSSR count). The lowest BCUT2D eigenvalue weighted by atomic mass is 9.99. The Labute approximate surface area is 117 Å². The van der Waals surface area contributed by atoms with E-state index in [-0.39, 0.29) is 5.92 Å². The Morgan fingerprint density at radius 1 is 1.42 bits per heavy atom. The third-order valence-electron chi connectivity index (χ3n) is 2.98. The summed E-state index contributed by atoms with van der Waals surface area (Å²) in [7, 11) is 0. The van der Waals surface area contributed by atoms with Crippen molar-refractivity contribution in [3.63, 3.8) is 0 Å². The molecule has 106 valence electrons. The molecule has 2 unspecified atom stereocenters. The van der Waals surface area contributed by atoms with Crippen LogP contribution in [-0.2, 0) is 11.3 Å². The van der Waals surface area contributed by atoms with E-state index < -0.39 is 18.0 Å². The Hall–Kier alpha value is -1.56. The first kappa shape index (κ1) is 15.5. The van der Waals surface area contributed by atoms with Crippen LogP contribution in [0.25, 0.3) is 0 Å². The monoisotopic (exact) mass is 284 g/mol. The van der Waals surface area contributed by atoms with Crippen LogP contribution >= 0.6 is 11.3 Å². The molecule has 1 aromatic heterocycles. The molecule has 0 radical (unpaired) electrons. The van der Waals surface area contributed by atoms with E-state index in [1.165, 1.54) is 4.88 Å². The number of amides is 2. The fourth-order valence-corrected chi connectivity index (χ4v) is 2.45. The van der Waals surface area contributed by atoms with Crippen LogP contribution in [0, 0.1) is 12.8 Å². The van der Waals surface area contributed by atoms with E-state index in [0.717, 1.165) is 4.88 Å². The molecule has 0 bridgehead atoms. The van der Waals surface area contributed by atoms with Gasteiger partial charge in [0.05, 0.1) is 6.54 Å². The molecule has 2 amide bonds. The zero-order valence-electron chi connectivity index (χ0n) is 11.4. The summed E-state index contributed by atoms with van der Waals surface area (Å²) in [5.74, 6) is -1.11. The molecule has 0 aliphatic heterocycles. The molecule has 0 aromatic carbocycles. The van der Waals surface area contributed by atoms with Gasteiger partial charge < -0.3 is 15.7 Å². The fraction of sp³-hybridized carbons (Fsp3) is 0.538. The van der Waals surface area contributed by atoms with E-state index in [0.29, 0.717) is 13.0 Å². The molecular weight excluding hydrogens is 264 g/mol. The van der Waals surface area contributed by atoms with Crippen LogP contribution in [0.1, 0.15) is 30.0 Å². The van der Waals surface area contributed by atoms with Crippen molar-refractivity contribution >= 4 is 23.3 Å². The van der Waals surface area contributed by atoms with Crippen molar-refractivity contribution in [3.05, 3.63) is 21.9 Å². The highest BCUT2D eigenvalue weighted by Crippen LogP contribution is 2.14. The largest absolute Gasteiger partial charge is 0.480 e. The Kier molecular flexibility index (Phi) is 5.82. The Balaban J connectivity index is 2.46. The summed E-state index contributed by atoms with van der Waals surface area (Å²) in [6.07, 6.45) is 0.696. The molecule has 1 aromatic rings. The number of aliphatic carboxylic acids is 1. The van der Waals surface area contributed by atoms with Gasteiger partial charge in [-0.25, -0.2) is 9.59 Å². The van der Waals surface area contributed by atoms with E-state index >= 15 is 0 Å². The maximum atomic E-state index is 11.7. The third-order valence-corrected chi connectivity index (χ3v) is 3.99. The summed E-state index contributed by atoms with van der Waals surface area (Å²) in [6, 6.07) is 2.64. The molecule has 1 heterocycles. The van der Waals surface area contributed by atoms with Gasteiger partial charge in [-0.05, 0) is 25.0 Å². The lowest BCUT2D eigenvalue weighted by molar-refractivity contribution is -0.140. The van der Waals surface area contributed by atoms with Crippen molar-refractivity contribution < 1.29 is 14.7 Å². The molecule has 0 spiro atoms. The number of carboxylic acids is 1. The van der Waals surface area contributed by atoms with Gasteiger partial charge in [0.15, 0.2) is 0 Å². The zero-order valence-corrected chi connectivity index (χ0v) is 12.2. The highest BCUT2D eigenvalue weighted by Gasteiger charge is 2.25. The van der Waals surface area contributed by atoms with Crippen molar-refractivity contribution in [3.8, 4) is 0 Å². The summed E-state index contributed by atoms with van der Waals surface area (Å²) in [5.41, 5.74) is 0. The highest BCUT2D eigenvalue weighted by atomic mass is 32.1. The topological polar surface area (TPSA) is 78.4 Å². The number of thiophene rings is 1. The fourth-order valence-electron chi connectivity index (χ4n) is 1.62. The van der Waals surface area contributed by atoms with Crippen LogP contribution in [0.15, 0.2) is 12.1 Å². The minimum atomic E-state index is -1.00. The predicted molar refractivity (Wildman–Crippen MR) is 75.3 cm³/mol. The van der Waals surface area contributed by atoms with Gasteiger partial charge in [-0.3, -0.25) is 0 Å². The summed E-state index contributed by atoms with van der Waals surface area (Å²) in [4.78, 5) is 25.0. The van der Waals surface area contributed by atoms with Gasteiger partial charge in [0.25, 0.3) is 0 Å². The van der Waals surface area contributed by atoms with E-state index in [1.807, 2.05) is 32.9 Å². The second-order valence-corrected chi connectivity index (χ2v) is 5.91. The number of aryl methyl sites for hydroxylation is 1. The highest BCUT2D eigenvalue weighted by molar-refractivity contribution is 7.11. The van der Waals surface area contributed by atoms with Crippen molar-refractivity contribution in [2.24, 2.45) is 5.92 Å². The molecular formula is C13H20N2O3S. The molecule has 6 heteroatoms. The molecule has 0 aliphatic rings. The van der Waals surface area contributed by atoms with Crippen LogP contribution in [0.2, 0.25) is 0 Å². The molecule has 0 saturated carbocycles. The summed E-state index contributed by atoms with van der Waals surface area (Å²) in [5, 5.41) is 14.2. The van der Waals surface area contributed by atoms with Crippen molar-refractivity contribution in [2.45, 2.75) is 39.8 Å². The third kappa shape index (κ3) is 4.90. The number of urea groups is 1. The average Bonchev–Trinajstić information content (AvgIpc) is 2.78. The van der Waals surface area contributed by atoms with Crippen molar-refractivity contribution in [1.29, 1.82) is 0 Å². The van der Waals surface area contributed by atoms with Crippen LogP contribution in [0.5, 0.6) is 0 Å². The summed E-state index contributed by atoms with van der Waals surface area (Å²) in [6.45, 7) is 6.12. The Morgan fingerprint density at radius 3 is 2.58 bits per heavy atom. The number of carbonyl (C=O) groups is 2. The molecule has 5 nitrogen and oxygen atoms in total. The lowest BCUT2D eigenvalue weighted by Gasteiger charge is -2.20. The molecule has 2 atom stereocenters. The molecule has 0 saturated heterocycles. The molecule has 3 N–H and O–H groups in total. The standard InChI is InChI=1S/C13H20N2O3S/c1-4-8(2)11(12(16)17)15-13(18)14-7-10-6-5-9(3)19-10/h5-6,8,11H,4,7H2,1-3H3,(H,16,17)(H2,14,15,18). The average molecular weight is 284 g/mol. The minimum Gasteiger partial charge on any atom is -0.480 e. The second-order valence-electron chi connectivity index (χ2n) is 4.54. The predicted octanol–water partition coefficient (Wildman–Crippen LogP) is 2.36. The van der Waals surface area contributed by atoms with Gasteiger partial charge in [0, 0.05) is 9.75 Å². The number of carboxylic acid groups (broad SMARTS) is 1. The molecule has 0 fully saturated rings. The van der Waals surface area contributed by atoms with Gasteiger partial charge in [-0.15, -0.1) is 11.3 Å². The maximum Gasteiger partial charge on any atom is 0.326 e. The smallest absolute Gasteiger partial charge is 0.326 e. The van der Waals surface area contributed by atoms with Gasteiger partial charge in [0.1, 0.15) is 6.04 Å². The quantitative estimate of drug-likeness (QED) is 0.750. The number of hydrogen-bond donors (Lipinski definition) is 3. The summed E-state index contributed by atoms with van der Waals surface area (Å²) < 4.78 is 0. The molecule has 0 aliphatic carbocycles. The van der Waals surface area contributed by atoms with Gasteiger partial charge >= 0.3 is 12.0 Å². The zero-order chi connectivity index (χ0) is 14.4. The number of rotatable bonds is 6. The van der Waals surface area contributed by atoms with Crippen molar-refractivity contribution in [2.75, 3.05) is 0 Å². The van der Waals surface area contributed by atoms with Crippen molar-refractivity contribution in [1.82, 2.24) is 10.6 Å². The SMILES string of the molecule is CCC(C)C(NC(=O)NCc1ccc(C)s1)C(=O)O. The number of hydrogen-bond acceptors (Lipinski definition) is 3. The Morgan fingerprint density at radius 2 is 2.11 bits per heavy atom.